The van der Waals surface area contributed by atoms with Crippen LogP contribution in [0.15, 0.2) is 30.3 Å². The largest absolute Gasteiger partial charge is 0.463 e. The van der Waals surface area contributed by atoms with Crippen LogP contribution in [0, 0.1) is 5.92 Å². The van der Waals surface area contributed by atoms with Crippen molar-refractivity contribution in [3.05, 3.63) is 35.9 Å². The van der Waals surface area contributed by atoms with Crippen LogP contribution in [-0.2, 0) is 44.7 Å². The zero-order valence-electron chi connectivity index (χ0n) is 21.9. The van der Waals surface area contributed by atoms with Crippen LogP contribution in [0.4, 0.5) is 4.79 Å². The second-order valence-electron chi connectivity index (χ2n) is 8.92. The lowest BCUT2D eigenvalue weighted by atomic mass is 9.89. The number of esters is 2. The molecule has 0 saturated carbocycles. The summed E-state index contributed by atoms with van der Waals surface area (Å²) in [5.41, 5.74) is 0.915. The fourth-order valence-electron chi connectivity index (χ4n) is 3.93. The van der Waals surface area contributed by atoms with Crippen molar-refractivity contribution in [3.8, 4) is 0 Å². The van der Waals surface area contributed by atoms with Gasteiger partial charge in [0.15, 0.2) is 6.29 Å². The molecule has 2 N–H and O–H groups in total. The second kappa shape index (κ2) is 15.8. The number of unbranched alkanes of at least 4 members (excludes halogenated alkanes) is 2. The van der Waals surface area contributed by atoms with Gasteiger partial charge in [0.05, 0.1) is 0 Å². The fourth-order valence-corrected chi connectivity index (χ4v) is 3.93. The number of carbonyl (C=O) groups excluding carboxylic acids is 4. The highest BCUT2D eigenvalue weighted by atomic mass is 16.7. The van der Waals surface area contributed by atoms with Gasteiger partial charge < -0.3 is 34.3 Å². The molecule has 0 bridgehead atoms. The van der Waals surface area contributed by atoms with Gasteiger partial charge in [0.2, 0.25) is 5.91 Å². The van der Waals surface area contributed by atoms with E-state index >= 15 is 0 Å². The van der Waals surface area contributed by atoms with E-state index in [9.17, 15) is 19.2 Å². The van der Waals surface area contributed by atoms with E-state index in [0.717, 1.165) is 12.0 Å². The number of ether oxygens (including phenoxy) is 5. The molecule has 11 heteroatoms. The minimum absolute atomic E-state index is 0.0348. The molecular formula is C26H38N2O9. The van der Waals surface area contributed by atoms with E-state index in [0.29, 0.717) is 26.0 Å². The quantitative estimate of drug-likeness (QED) is 0.227. The summed E-state index contributed by atoms with van der Waals surface area (Å²) in [7, 11) is 0. The number of hydrogen-bond donors (Lipinski definition) is 2. The summed E-state index contributed by atoms with van der Waals surface area (Å²) >= 11 is 0. The van der Waals surface area contributed by atoms with Gasteiger partial charge in [-0.15, -0.1) is 0 Å². The van der Waals surface area contributed by atoms with Crippen LogP contribution in [0.3, 0.4) is 0 Å². The van der Waals surface area contributed by atoms with E-state index in [2.05, 4.69) is 10.6 Å². The Morgan fingerprint density at radius 3 is 2.32 bits per heavy atom. The van der Waals surface area contributed by atoms with Crippen LogP contribution in [0.25, 0.3) is 0 Å². The summed E-state index contributed by atoms with van der Waals surface area (Å²) < 4.78 is 27.7. The predicted octanol–water partition coefficient (Wildman–Crippen LogP) is 2.46. The van der Waals surface area contributed by atoms with Crippen LogP contribution in [-0.4, -0.2) is 68.2 Å². The monoisotopic (exact) mass is 522 g/mol. The zero-order valence-corrected chi connectivity index (χ0v) is 21.9. The van der Waals surface area contributed by atoms with Crippen molar-refractivity contribution >= 4 is 23.9 Å². The smallest absolute Gasteiger partial charge is 0.407 e. The van der Waals surface area contributed by atoms with Gasteiger partial charge in [-0.05, 0) is 24.8 Å². The molecule has 206 valence electrons. The topological polar surface area (TPSA) is 138 Å². The molecule has 1 aliphatic rings. The average Bonchev–Trinajstić information content (AvgIpc) is 2.84. The minimum Gasteiger partial charge on any atom is -0.463 e. The Morgan fingerprint density at radius 2 is 1.68 bits per heavy atom. The maximum absolute atomic E-state index is 11.8. The SMILES string of the molecule is CC(=O)N[C@H]1[C@H](OCCCCCNC(=O)OCc2ccccc2)O[C@H](COC(C)=O)[C@H](C)[C@@H]1OC(C)=O. The molecule has 37 heavy (non-hydrogen) atoms. The highest BCUT2D eigenvalue weighted by molar-refractivity contribution is 5.73. The fraction of sp³-hybridized carbons (Fsp3) is 0.615. The number of carbonyl (C=O) groups is 4. The van der Waals surface area contributed by atoms with E-state index in [4.69, 9.17) is 23.7 Å². The van der Waals surface area contributed by atoms with Crippen molar-refractivity contribution in [2.75, 3.05) is 19.8 Å². The van der Waals surface area contributed by atoms with E-state index in [1.54, 1.807) is 6.92 Å². The third-order valence-corrected chi connectivity index (χ3v) is 5.77. The van der Waals surface area contributed by atoms with Crippen molar-refractivity contribution in [2.45, 2.75) is 78.1 Å². The Balaban J connectivity index is 1.80. The van der Waals surface area contributed by atoms with E-state index < -0.39 is 42.6 Å². The first kappa shape index (κ1) is 30.0. The Labute approximate surface area is 217 Å². The van der Waals surface area contributed by atoms with Gasteiger partial charge in [-0.1, -0.05) is 37.3 Å². The Bertz CT molecular complexity index is 880. The Hall–Kier alpha value is -3.18. The molecule has 1 heterocycles. The third-order valence-electron chi connectivity index (χ3n) is 5.77. The van der Waals surface area contributed by atoms with Gasteiger partial charge in [0, 0.05) is 39.8 Å². The summed E-state index contributed by atoms with van der Waals surface area (Å²) in [6.45, 7) is 6.67. The lowest BCUT2D eigenvalue weighted by Gasteiger charge is -2.44. The average molecular weight is 523 g/mol. The van der Waals surface area contributed by atoms with Crippen molar-refractivity contribution in [2.24, 2.45) is 5.92 Å². The first-order chi connectivity index (χ1) is 17.7. The van der Waals surface area contributed by atoms with Crippen LogP contribution in [0.2, 0.25) is 0 Å². The van der Waals surface area contributed by atoms with Crippen molar-refractivity contribution in [1.29, 1.82) is 0 Å². The van der Waals surface area contributed by atoms with Gasteiger partial charge in [-0.2, -0.15) is 0 Å². The Kier molecular flexibility index (Phi) is 12.9. The van der Waals surface area contributed by atoms with E-state index in [1.807, 2.05) is 30.3 Å². The van der Waals surface area contributed by atoms with Crippen LogP contribution >= 0.6 is 0 Å². The van der Waals surface area contributed by atoms with E-state index in [-0.39, 0.29) is 25.0 Å². The van der Waals surface area contributed by atoms with Crippen LogP contribution < -0.4 is 10.6 Å². The molecule has 11 nitrogen and oxygen atoms in total. The van der Waals surface area contributed by atoms with Gasteiger partial charge >= 0.3 is 18.0 Å². The number of benzene rings is 1. The van der Waals surface area contributed by atoms with Crippen molar-refractivity contribution in [1.82, 2.24) is 10.6 Å². The van der Waals surface area contributed by atoms with E-state index in [1.165, 1.54) is 20.8 Å². The maximum atomic E-state index is 11.8. The summed E-state index contributed by atoms with van der Waals surface area (Å²) in [6, 6.07) is 8.69. The molecule has 0 aromatic heterocycles. The molecule has 0 unspecified atom stereocenters. The predicted molar refractivity (Wildman–Crippen MR) is 132 cm³/mol. The van der Waals surface area contributed by atoms with Crippen LogP contribution in [0.1, 0.15) is 52.5 Å². The van der Waals surface area contributed by atoms with Gasteiger partial charge in [0.25, 0.3) is 0 Å². The normalized spacial score (nSPS) is 23.0. The zero-order chi connectivity index (χ0) is 27.2. The first-order valence-electron chi connectivity index (χ1n) is 12.5. The summed E-state index contributed by atoms with van der Waals surface area (Å²) in [6.07, 6.45) is -0.560. The molecule has 1 fully saturated rings. The highest BCUT2D eigenvalue weighted by Crippen LogP contribution is 2.30. The second-order valence-corrected chi connectivity index (χ2v) is 8.92. The molecule has 1 aromatic carbocycles. The highest BCUT2D eigenvalue weighted by Gasteiger charge is 2.47. The number of amides is 2. The molecular weight excluding hydrogens is 484 g/mol. The van der Waals surface area contributed by atoms with Crippen molar-refractivity contribution < 1.29 is 42.9 Å². The lowest BCUT2D eigenvalue weighted by molar-refractivity contribution is -0.260. The standard InChI is InChI=1S/C26H38N2O9/c1-17-22(16-34-19(3)30)37-25(23(28-18(2)29)24(17)36-20(4)31)33-14-10-6-9-13-27-26(32)35-15-21-11-7-5-8-12-21/h5,7-8,11-12,17,22-25H,6,9-10,13-16H2,1-4H3,(H,27,32)(H,28,29)/t17-,22+,23+,24-,25+/m0/s1. The van der Waals surface area contributed by atoms with Crippen molar-refractivity contribution in [3.63, 3.8) is 0 Å². The number of alkyl carbamates (subject to hydrolysis) is 1. The number of nitrogens with one attached hydrogen (secondary N) is 2. The van der Waals surface area contributed by atoms with Gasteiger partial charge in [0.1, 0.15) is 31.5 Å². The molecule has 2 rings (SSSR count). The molecule has 1 saturated heterocycles. The molecule has 0 radical (unpaired) electrons. The summed E-state index contributed by atoms with van der Waals surface area (Å²) in [5, 5.41) is 5.48. The Morgan fingerprint density at radius 1 is 0.946 bits per heavy atom. The molecule has 0 aliphatic carbocycles. The first-order valence-corrected chi connectivity index (χ1v) is 12.5. The number of rotatable bonds is 13. The summed E-state index contributed by atoms with van der Waals surface area (Å²) in [5.74, 6) is -1.66. The summed E-state index contributed by atoms with van der Waals surface area (Å²) in [4.78, 5) is 46.7. The number of hydrogen-bond acceptors (Lipinski definition) is 9. The maximum Gasteiger partial charge on any atom is 0.407 e. The third kappa shape index (κ3) is 11.2. The minimum atomic E-state index is -0.906. The molecule has 0 spiro atoms. The molecule has 1 aromatic rings. The molecule has 2 amide bonds. The molecule has 5 atom stereocenters. The van der Waals surface area contributed by atoms with Gasteiger partial charge in [-0.3, -0.25) is 14.4 Å². The van der Waals surface area contributed by atoms with Crippen LogP contribution in [0.5, 0.6) is 0 Å². The van der Waals surface area contributed by atoms with Gasteiger partial charge in [-0.25, -0.2) is 4.79 Å². The lowest BCUT2D eigenvalue weighted by Crippen LogP contribution is -2.63. The molecule has 1 aliphatic heterocycles.